The molecule has 2 heterocycles. The lowest BCUT2D eigenvalue weighted by Gasteiger charge is -2.18. The van der Waals surface area contributed by atoms with E-state index in [1.165, 1.54) is 32.9 Å². The van der Waals surface area contributed by atoms with Crippen molar-refractivity contribution in [3.63, 3.8) is 0 Å². The van der Waals surface area contributed by atoms with Crippen molar-refractivity contribution in [3.8, 4) is 17.2 Å². The molecule has 3 aliphatic rings. The average Bonchev–Trinajstić information content (AvgIpc) is 3.52. The monoisotopic (exact) mass is 458 g/mol. The van der Waals surface area contributed by atoms with Gasteiger partial charge in [-0.05, 0) is 68.9 Å². The van der Waals surface area contributed by atoms with Gasteiger partial charge in [-0.1, -0.05) is 49.3 Å². The number of allylic oxidation sites excluding steroid dienone is 2. The predicted molar refractivity (Wildman–Crippen MR) is 132 cm³/mol. The molecule has 2 amide bonds. The van der Waals surface area contributed by atoms with Crippen molar-refractivity contribution >= 4 is 28.2 Å². The van der Waals surface area contributed by atoms with E-state index in [0.717, 1.165) is 35.3 Å². The van der Waals surface area contributed by atoms with Gasteiger partial charge in [-0.3, -0.25) is 9.59 Å². The van der Waals surface area contributed by atoms with Gasteiger partial charge in [0.05, 0.1) is 17.4 Å². The zero-order valence-corrected chi connectivity index (χ0v) is 20.8. The van der Waals surface area contributed by atoms with Crippen molar-refractivity contribution in [2.75, 3.05) is 4.90 Å². The quantitative estimate of drug-likeness (QED) is 0.383. The van der Waals surface area contributed by atoms with Crippen LogP contribution in [-0.4, -0.2) is 11.8 Å². The minimum Gasteiger partial charge on any atom is -0.274 e. The van der Waals surface area contributed by atoms with Crippen molar-refractivity contribution in [2.45, 2.75) is 59.8 Å². The number of imide groups is 1. The van der Waals surface area contributed by atoms with Crippen molar-refractivity contribution in [3.05, 3.63) is 51.4 Å². The Labute approximate surface area is 199 Å². The Morgan fingerprint density at radius 1 is 1.12 bits per heavy atom. The molecule has 170 valence electrons. The Hall–Kier alpha value is -2.71. The first-order valence-corrected chi connectivity index (χ1v) is 12.8. The molecule has 1 saturated heterocycles. The summed E-state index contributed by atoms with van der Waals surface area (Å²) >= 11 is 1.40. The first-order chi connectivity index (χ1) is 15.8. The van der Waals surface area contributed by atoms with Crippen LogP contribution in [0.1, 0.15) is 68.9 Å². The number of nitrogens with zero attached hydrogens (tertiary/aromatic N) is 2. The molecule has 0 radical (unpaired) electrons. The normalized spacial score (nSPS) is 26.7. The Bertz CT molecular complexity index is 1190. The molecule has 0 N–H and O–H groups in total. The van der Waals surface area contributed by atoms with E-state index in [0.29, 0.717) is 16.5 Å². The molecule has 5 heteroatoms. The second kappa shape index (κ2) is 7.95. The maximum atomic E-state index is 13.6. The molecule has 1 aromatic carbocycles. The highest BCUT2D eigenvalue weighted by Crippen LogP contribution is 2.61. The summed E-state index contributed by atoms with van der Waals surface area (Å²) in [6.07, 6.45) is 3.05. The first-order valence-electron chi connectivity index (χ1n) is 12.0. The Morgan fingerprint density at radius 2 is 1.70 bits per heavy atom. The highest BCUT2D eigenvalue weighted by Gasteiger charge is 2.64. The summed E-state index contributed by atoms with van der Waals surface area (Å²) in [4.78, 5) is 29.6. The van der Waals surface area contributed by atoms with Crippen molar-refractivity contribution in [2.24, 2.45) is 23.7 Å². The standard InChI is InChI=1S/C28H30N2O2S/c1-6-15(4)17-7-9-18(10-8-17)23-16(5)33-28(21(23)13-29)30-26(31)24-19-11-12-20(22(19)14(2)3)25(24)27(30)32/h7-10,15,19-20,24-25H,6,11-12H2,1-5H3. The van der Waals surface area contributed by atoms with Crippen molar-refractivity contribution in [1.82, 2.24) is 0 Å². The van der Waals surface area contributed by atoms with Gasteiger partial charge in [0.1, 0.15) is 11.1 Å². The molecule has 2 aromatic rings. The van der Waals surface area contributed by atoms with Gasteiger partial charge < -0.3 is 0 Å². The predicted octanol–water partition coefficient (Wildman–Crippen LogP) is 6.59. The van der Waals surface area contributed by atoms with E-state index in [2.05, 4.69) is 58.0 Å². The Balaban J connectivity index is 1.55. The van der Waals surface area contributed by atoms with E-state index in [1.807, 2.05) is 6.92 Å². The topological polar surface area (TPSA) is 61.2 Å². The maximum absolute atomic E-state index is 13.6. The molecule has 5 rings (SSSR count). The smallest absolute Gasteiger partial charge is 0.239 e. The number of benzene rings is 1. The van der Waals surface area contributed by atoms with Gasteiger partial charge in [-0.25, -0.2) is 4.90 Å². The van der Waals surface area contributed by atoms with Gasteiger partial charge >= 0.3 is 0 Å². The van der Waals surface area contributed by atoms with Crippen LogP contribution in [0, 0.1) is 41.9 Å². The molecule has 5 unspecified atom stereocenters. The Kier molecular flexibility index (Phi) is 5.33. The minimum absolute atomic E-state index is 0.104. The summed E-state index contributed by atoms with van der Waals surface area (Å²) in [5.41, 5.74) is 6.14. The number of nitriles is 1. The second-order valence-corrected chi connectivity index (χ2v) is 11.3. The second-order valence-electron chi connectivity index (χ2n) is 10.1. The largest absolute Gasteiger partial charge is 0.274 e. The van der Waals surface area contributed by atoms with Crippen LogP contribution in [0.15, 0.2) is 35.4 Å². The third-order valence-electron chi connectivity index (χ3n) is 8.19. The summed E-state index contributed by atoms with van der Waals surface area (Å²) in [6, 6.07) is 10.7. The zero-order chi connectivity index (χ0) is 23.6. The van der Waals surface area contributed by atoms with Gasteiger partial charge in [-0.2, -0.15) is 5.26 Å². The van der Waals surface area contributed by atoms with E-state index in [-0.39, 0.29) is 35.5 Å². The first kappa shape index (κ1) is 22.1. The van der Waals surface area contributed by atoms with E-state index >= 15 is 0 Å². The lowest BCUT2D eigenvalue weighted by atomic mass is 9.81. The molecule has 2 bridgehead atoms. The highest BCUT2D eigenvalue weighted by molar-refractivity contribution is 7.17. The number of amides is 2. The number of aryl methyl sites for hydroxylation is 1. The molecular formula is C28H30N2O2S. The number of thiophene rings is 1. The lowest BCUT2D eigenvalue weighted by molar-refractivity contribution is -0.122. The molecule has 4 nitrogen and oxygen atoms in total. The van der Waals surface area contributed by atoms with Crippen LogP contribution >= 0.6 is 11.3 Å². The molecule has 2 saturated carbocycles. The molecule has 33 heavy (non-hydrogen) atoms. The fraction of sp³-hybridized carbons (Fsp3) is 0.464. The molecule has 1 aromatic heterocycles. The van der Waals surface area contributed by atoms with Crippen LogP contribution in [0.25, 0.3) is 11.1 Å². The molecule has 3 fully saturated rings. The van der Waals surface area contributed by atoms with E-state index in [4.69, 9.17) is 0 Å². The number of carbonyl (C=O) groups is 2. The highest BCUT2D eigenvalue weighted by atomic mass is 32.1. The van der Waals surface area contributed by atoms with E-state index in [1.54, 1.807) is 0 Å². The van der Waals surface area contributed by atoms with Gasteiger partial charge in [0.15, 0.2) is 0 Å². The van der Waals surface area contributed by atoms with Crippen LogP contribution < -0.4 is 4.90 Å². The Morgan fingerprint density at radius 3 is 2.18 bits per heavy atom. The third-order valence-corrected chi connectivity index (χ3v) is 9.28. The number of hydrogen-bond donors (Lipinski definition) is 0. The van der Waals surface area contributed by atoms with Gasteiger partial charge in [0.2, 0.25) is 11.8 Å². The minimum atomic E-state index is -0.256. The zero-order valence-electron chi connectivity index (χ0n) is 19.9. The van der Waals surface area contributed by atoms with E-state index in [9.17, 15) is 14.9 Å². The van der Waals surface area contributed by atoms with Crippen LogP contribution in [0.3, 0.4) is 0 Å². The average molecular weight is 459 g/mol. The molecule has 2 aliphatic carbocycles. The van der Waals surface area contributed by atoms with Crippen LogP contribution in [0.5, 0.6) is 0 Å². The van der Waals surface area contributed by atoms with Gasteiger partial charge in [0, 0.05) is 10.4 Å². The summed E-state index contributed by atoms with van der Waals surface area (Å²) in [5.74, 6) is 0.131. The lowest BCUT2D eigenvalue weighted by Crippen LogP contribution is -2.33. The summed E-state index contributed by atoms with van der Waals surface area (Å²) in [6.45, 7) is 10.6. The third kappa shape index (κ3) is 3.07. The van der Waals surface area contributed by atoms with Crippen molar-refractivity contribution < 1.29 is 9.59 Å². The van der Waals surface area contributed by atoms with Gasteiger partial charge in [-0.15, -0.1) is 11.3 Å². The summed E-state index contributed by atoms with van der Waals surface area (Å²) in [7, 11) is 0. The molecule has 0 spiro atoms. The van der Waals surface area contributed by atoms with Crippen molar-refractivity contribution in [1.29, 1.82) is 5.26 Å². The number of fused-ring (bicyclic) bond motifs is 5. The summed E-state index contributed by atoms with van der Waals surface area (Å²) in [5, 5.41) is 10.6. The summed E-state index contributed by atoms with van der Waals surface area (Å²) < 4.78 is 0. The number of carbonyl (C=O) groups excluding carboxylic acids is 2. The van der Waals surface area contributed by atoms with Crippen LogP contribution in [0.4, 0.5) is 5.00 Å². The fourth-order valence-electron chi connectivity index (χ4n) is 6.54. The molecular weight excluding hydrogens is 428 g/mol. The molecule has 1 aliphatic heterocycles. The SMILES string of the molecule is CCC(C)c1ccc(-c2c(C)sc(N3C(=O)C4C5CCC(C5=C(C)C)C4C3=O)c2C#N)cc1. The van der Waals surface area contributed by atoms with Gasteiger partial charge in [0.25, 0.3) is 0 Å². The number of hydrogen-bond acceptors (Lipinski definition) is 4. The van der Waals surface area contributed by atoms with E-state index < -0.39 is 0 Å². The number of anilines is 1. The maximum Gasteiger partial charge on any atom is 0.239 e. The number of rotatable bonds is 4. The molecule has 5 atom stereocenters. The van der Waals surface area contributed by atoms with Crippen LogP contribution in [0.2, 0.25) is 0 Å². The van der Waals surface area contributed by atoms with Crippen LogP contribution in [-0.2, 0) is 9.59 Å². The fourth-order valence-corrected chi connectivity index (χ4v) is 7.68.